The van der Waals surface area contributed by atoms with Gasteiger partial charge < -0.3 is 15.3 Å². The number of hydrogen-bond acceptors (Lipinski definition) is 6. The molecule has 1 aliphatic rings. The van der Waals surface area contributed by atoms with Crippen molar-refractivity contribution in [1.82, 2.24) is 14.9 Å². The molecule has 0 unspecified atom stereocenters. The molecule has 1 fully saturated rings. The molecule has 1 saturated heterocycles. The number of benzene rings is 2. The van der Waals surface area contributed by atoms with Crippen LogP contribution in [-0.4, -0.2) is 59.3 Å². The minimum absolute atomic E-state index is 0.233. The third kappa shape index (κ3) is 3.76. The molecule has 0 aliphatic carbocycles. The van der Waals surface area contributed by atoms with E-state index < -0.39 is 0 Å². The summed E-state index contributed by atoms with van der Waals surface area (Å²) in [6, 6.07) is 16.4. The van der Waals surface area contributed by atoms with Crippen molar-refractivity contribution in [1.29, 1.82) is 0 Å². The fourth-order valence-electron chi connectivity index (χ4n) is 3.29. The third-order valence-corrected chi connectivity index (χ3v) is 4.77. The quantitative estimate of drug-likeness (QED) is 0.738. The van der Waals surface area contributed by atoms with Crippen molar-refractivity contribution in [2.45, 2.75) is 0 Å². The lowest BCUT2D eigenvalue weighted by molar-refractivity contribution is 0.189. The second-order valence-corrected chi connectivity index (χ2v) is 6.48. The van der Waals surface area contributed by atoms with Gasteiger partial charge in [-0.25, -0.2) is 9.97 Å². The number of para-hydroxylation sites is 1. The topological polar surface area (TPSA) is 64.5 Å². The molecule has 3 aromatic rings. The van der Waals surface area contributed by atoms with Crippen molar-refractivity contribution in [3.05, 3.63) is 54.7 Å². The van der Waals surface area contributed by atoms with Crippen molar-refractivity contribution in [3.8, 4) is 0 Å². The Kier molecular flexibility index (Phi) is 4.95. The number of nitrogens with one attached hydrogen (secondary N) is 1. The normalized spacial score (nSPS) is 15.3. The van der Waals surface area contributed by atoms with E-state index in [0.717, 1.165) is 49.3 Å². The second kappa shape index (κ2) is 7.68. The van der Waals surface area contributed by atoms with Gasteiger partial charge in [0.15, 0.2) is 0 Å². The molecule has 0 spiro atoms. The van der Waals surface area contributed by atoms with Crippen LogP contribution in [-0.2, 0) is 0 Å². The highest BCUT2D eigenvalue weighted by Gasteiger charge is 2.16. The summed E-state index contributed by atoms with van der Waals surface area (Å²) in [5, 5.41) is 13.3. The highest BCUT2D eigenvalue weighted by Crippen LogP contribution is 2.21. The number of aromatic nitrogens is 2. The zero-order valence-electron chi connectivity index (χ0n) is 14.7. The number of piperazine rings is 1. The van der Waals surface area contributed by atoms with Gasteiger partial charge in [0, 0.05) is 55.7 Å². The first-order valence-electron chi connectivity index (χ1n) is 8.99. The number of aliphatic hydroxyl groups excluding tert-OH is 1. The molecule has 0 radical (unpaired) electrons. The first-order chi connectivity index (χ1) is 12.8. The van der Waals surface area contributed by atoms with E-state index >= 15 is 0 Å². The van der Waals surface area contributed by atoms with Crippen LogP contribution in [0.4, 0.5) is 17.3 Å². The molecule has 1 aromatic heterocycles. The fraction of sp³-hybridized carbons (Fsp3) is 0.300. The number of anilines is 3. The van der Waals surface area contributed by atoms with E-state index in [1.807, 2.05) is 30.5 Å². The van der Waals surface area contributed by atoms with Crippen LogP contribution >= 0.6 is 0 Å². The molecule has 1 aliphatic heterocycles. The van der Waals surface area contributed by atoms with Crippen LogP contribution in [0.25, 0.3) is 10.9 Å². The molecule has 26 heavy (non-hydrogen) atoms. The lowest BCUT2D eigenvalue weighted by Gasteiger charge is -2.35. The van der Waals surface area contributed by atoms with Gasteiger partial charge in [0.1, 0.15) is 0 Å². The number of fused-ring (bicyclic) bond motifs is 1. The number of rotatable bonds is 5. The Hall–Kier alpha value is -2.70. The first-order valence-corrected chi connectivity index (χ1v) is 8.99. The van der Waals surface area contributed by atoms with E-state index in [9.17, 15) is 0 Å². The standard InChI is InChI=1S/C20H23N5O/c26-14-13-24-9-11-25(12-10-24)18-7-5-17(6-8-18)22-20-21-15-16-3-1-2-4-19(16)23-20/h1-8,15,26H,9-14H2,(H,21,22,23). The SMILES string of the molecule is OCCN1CCN(c2ccc(Nc3ncc4ccccc4n3)cc2)CC1. The highest BCUT2D eigenvalue weighted by molar-refractivity contribution is 5.78. The van der Waals surface area contributed by atoms with Crippen molar-refractivity contribution >= 4 is 28.2 Å². The summed E-state index contributed by atoms with van der Waals surface area (Å²) in [5.74, 6) is 0.606. The Morgan fingerprint density at radius 1 is 0.962 bits per heavy atom. The van der Waals surface area contributed by atoms with Crippen LogP contribution in [0.15, 0.2) is 54.7 Å². The average molecular weight is 349 g/mol. The number of nitrogens with zero attached hydrogens (tertiary/aromatic N) is 4. The molecule has 6 nitrogen and oxygen atoms in total. The maximum absolute atomic E-state index is 9.04. The largest absolute Gasteiger partial charge is 0.395 e. The monoisotopic (exact) mass is 349 g/mol. The minimum Gasteiger partial charge on any atom is -0.395 e. The number of hydrogen-bond donors (Lipinski definition) is 2. The van der Waals surface area contributed by atoms with Gasteiger partial charge in [-0.1, -0.05) is 18.2 Å². The van der Waals surface area contributed by atoms with Crippen molar-refractivity contribution in [2.24, 2.45) is 0 Å². The Bertz CT molecular complexity index is 859. The van der Waals surface area contributed by atoms with E-state index in [0.29, 0.717) is 5.95 Å². The van der Waals surface area contributed by atoms with Crippen LogP contribution < -0.4 is 10.2 Å². The maximum atomic E-state index is 9.04. The molecule has 0 bridgehead atoms. The first kappa shape index (κ1) is 16.8. The molecule has 2 heterocycles. The minimum atomic E-state index is 0.233. The fourth-order valence-corrected chi connectivity index (χ4v) is 3.29. The van der Waals surface area contributed by atoms with Gasteiger partial charge in [0.2, 0.25) is 5.95 Å². The van der Waals surface area contributed by atoms with Gasteiger partial charge in [-0.05, 0) is 30.3 Å². The van der Waals surface area contributed by atoms with E-state index in [-0.39, 0.29) is 6.61 Å². The predicted molar refractivity (Wildman–Crippen MR) is 105 cm³/mol. The molecule has 2 aromatic carbocycles. The third-order valence-electron chi connectivity index (χ3n) is 4.77. The lowest BCUT2D eigenvalue weighted by Crippen LogP contribution is -2.47. The van der Waals surface area contributed by atoms with Crippen molar-refractivity contribution in [3.63, 3.8) is 0 Å². The van der Waals surface area contributed by atoms with E-state index in [1.165, 1.54) is 5.69 Å². The molecular formula is C20H23N5O. The van der Waals surface area contributed by atoms with Crippen molar-refractivity contribution in [2.75, 3.05) is 49.5 Å². The molecule has 6 heteroatoms. The summed E-state index contributed by atoms with van der Waals surface area (Å²) in [7, 11) is 0. The van der Waals surface area contributed by atoms with E-state index in [1.54, 1.807) is 0 Å². The van der Waals surface area contributed by atoms with Gasteiger partial charge >= 0.3 is 0 Å². The predicted octanol–water partition coefficient (Wildman–Crippen LogP) is 2.49. The molecule has 0 atom stereocenters. The summed E-state index contributed by atoms with van der Waals surface area (Å²) in [4.78, 5) is 13.6. The Labute approximate surface area is 153 Å². The lowest BCUT2D eigenvalue weighted by atomic mass is 10.2. The molecular weight excluding hydrogens is 326 g/mol. The van der Waals surface area contributed by atoms with Gasteiger partial charge in [0.05, 0.1) is 12.1 Å². The molecule has 134 valence electrons. The van der Waals surface area contributed by atoms with Crippen LogP contribution in [0.2, 0.25) is 0 Å². The zero-order chi connectivity index (χ0) is 17.8. The Morgan fingerprint density at radius 3 is 2.50 bits per heavy atom. The van der Waals surface area contributed by atoms with Crippen molar-refractivity contribution < 1.29 is 5.11 Å². The van der Waals surface area contributed by atoms with Crippen LogP contribution in [0.1, 0.15) is 0 Å². The summed E-state index contributed by atoms with van der Waals surface area (Å²) in [6.07, 6.45) is 1.84. The highest BCUT2D eigenvalue weighted by atomic mass is 16.3. The Morgan fingerprint density at radius 2 is 1.73 bits per heavy atom. The average Bonchev–Trinajstić information content (AvgIpc) is 2.69. The van der Waals surface area contributed by atoms with Gasteiger partial charge in [-0.3, -0.25) is 4.90 Å². The van der Waals surface area contributed by atoms with Gasteiger partial charge in [0.25, 0.3) is 0 Å². The summed E-state index contributed by atoms with van der Waals surface area (Å²) < 4.78 is 0. The van der Waals surface area contributed by atoms with E-state index in [2.05, 4.69) is 49.4 Å². The zero-order valence-corrected chi connectivity index (χ0v) is 14.7. The van der Waals surface area contributed by atoms with E-state index in [4.69, 9.17) is 5.11 Å². The molecule has 0 amide bonds. The summed E-state index contributed by atoms with van der Waals surface area (Å²) in [5.41, 5.74) is 3.13. The molecule has 2 N–H and O–H groups in total. The van der Waals surface area contributed by atoms with Crippen LogP contribution in [0, 0.1) is 0 Å². The molecule has 4 rings (SSSR count). The maximum Gasteiger partial charge on any atom is 0.227 e. The smallest absolute Gasteiger partial charge is 0.227 e. The number of aliphatic hydroxyl groups is 1. The van der Waals surface area contributed by atoms with Crippen LogP contribution in [0.3, 0.4) is 0 Å². The van der Waals surface area contributed by atoms with Crippen LogP contribution in [0.5, 0.6) is 0 Å². The molecule has 0 saturated carbocycles. The summed E-state index contributed by atoms with van der Waals surface area (Å²) in [6.45, 7) is 4.96. The van der Waals surface area contributed by atoms with Gasteiger partial charge in [-0.15, -0.1) is 0 Å². The van der Waals surface area contributed by atoms with Gasteiger partial charge in [-0.2, -0.15) is 0 Å². The second-order valence-electron chi connectivity index (χ2n) is 6.48. The Balaban J connectivity index is 1.41. The number of β-amino-alcohol motifs (C(OH)–C–C–N with tert-alkyl or cyclic N) is 1. The summed E-state index contributed by atoms with van der Waals surface area (Å²) >= 11 is 0.